The number of carbonyl (C=O) groups excluding carboxylic acids is 2. The van der Waals surface area contributed by atoms with Crippen molar-refractivity contribution < 1.29 is 9.59 Å². The van der Waals surface area contributed by atoms with E-state index in [9.17, 15) is 9.59 Å². The number of urea groups is 1. The summed E-state index contributed by atoms with van der Waals surface area (Å²) >= 11 is 1.68. The normalized spacial score (nSPS) is 18.1. The summed E-state index contributed by atoms with van der Waals surface area (Å²) < 4.78 is 1.15. The highest BCUT2D eigenvalue weighted by Gasteiger charge is 2.38. The maximum absolute atomic E-state index is 13.0. The predicted octanol–water partition coefficient (Wildman–Crippen LogP) is 3.63. The highest BCUT2D eigenvalue weighted by Crippen LogP contribution is 2.41. The number of hydrogen-bond donors (Lipinski definition) is 2. The Morgan fingerprint density at radius 2 is 1.89 bits per heavy atom. The molecule has 7 heteroatoms. The van der Waals surface area contributed by atoms with E-state index in [2.05, 4.69) is 21.6 Å². The lowest BCUT2D eigenvalue weighted by Crippen LogP contribution is -2.45. The summed E-state index contributed by atoms with van der Waals surface area (Å²) in [4.78, 5) is 31.8. The molecular formula is C21H22N4O2S. The van der Waals surface area contributed by atoms with Crippen LogP contribution in [0.5, 0.6) is 0 Å². The average molecular weight is 395 g/mol. The summed E-state index contributed by atoms with van der Waals surface area (Å²) in [6.45, 7) is 0.779. The average Bonchev–Trinajstić information content (AvgIpc) is 3.35. The van der Waals surface area contributed by atoms with Crippen LogP contribution in [-0.2, 0) is 4.79 Å². The van der Waals surface area contributed by atoms with Gasteiger partial charge in [0.25, 0.3) is 0 Å². The Morgan fingerprint density at radius 1 is 1.14 bits per heavy atom. The van der Waals surface area contributed by atoms with Crippen molar-refractivity contribution in [2.24, 2.45) is 0 Å². The lowest BCUT2D eigenvalue weighted by molar-refractivity contribution is -0.126. The molecule has 2 unspecified atom stereocenters. The Morgan fingerprint density at radius 3 is 2.64 bits per heavy atom. The molecule has 1 saturated heterocycles. The minimum atomic E-state index is -0.544. The topological polar surface area (TPSA) is 74.3 Å². The lowest BCUT2D eigenvalue weighted by Gasteiger charge is -2.31. The quantitative estimate of drug-likeness (QED) is 0.709. The Kier molecular flexibility index (Phi) is 5.36. The van der Waals surface area contributed by atoms with Crippen LogP contribution >= 0.6 is 11.3 Å². The highest BCUT2D eigenvalue weighted by molar-refractivity contribution is 7.18. The van der Waals surface area contributed by atoms with E-state index in [1.165, 1.54) is 7.05 Å². The molecule has 0 saturated carbocycles. The number of rotatable bonds is 4. The van der Waals surface area contributed by atoms with E-state index >= 15 is 0 Å². The number of benzene rings is 2. The van der Waals surface area contributed by atoms with Gasteiger partial charge in [-0.1, -0.05) is 42.5 Å². The first-order chi connectivity index (χ1) is 13.7. The smallest absolute Gasteiger partial charge is 0.321 e. The van der Waals surface area contributed by atoms with E-state index in [-0.39, 0.29) is 11.9 Å². The zero-order chi connectivity index (χ0) is 19.5. The molecule has 3 amide bonds. The highest BCUT2D eigenvalue weighted by atomic mass is 32.1. The number of carbonyl (C=O) groups is 2. The molecule has 1 aliphatic rings. The van der Waals surface area contributed by atoms with Gasteiger partial charge < -0.3 is 5.32 Å². The SMILES string of the molecule is CNC(=O)NC(=O)C(c1ccccc1)N1CCCC1c1nc2ccccc2s1. The Labute approximate surface area is 167 Å². The third-order valence-corrected chi connectivity index (χ3v) is 6.19. The van der Waals surface area contributed by atoms with E-state index in [4.69, 9.17) is 4.98 Å². The summed E-state index contributed by atoms with van der Waals surface area (Å²) in [5, 5.41) is 5.93. The Balaban J connectivity index is 1.69. The van der Waals surface area contributed by atoms with E-state index in [0.717, 1.165) is 40.2 Å². The largest absolute Gasteiger partial charge is 0.341 e. The van der Waals surface area contributed by atoms with Gasteiger partial charge in [-0.25, -0.2) is 9.78 Å². The number of para-hydroxylation sites is 1. The zero-order valence-corrected chi connectivity index (χ0v) is 16.4. The van der Waals surface area contributed by atoms with E-state index in [1.54, 1.807) is 11.3 Å². The lowest BCUT2D eigenvalue weighted by atomic mass is 10.0. The first kappa shape index (κ1) is 18.6. The van der Waals surface area contributed by atoms with Gasteiger partial charge >= 0.3 is 6.03 Å². The van der Waals surface area contributed by atoms with Gasteiger partial charge in [0.2, 0.25) is 5.91 Å². The number of aromatic nitrogens is 1. The van der Waals surface area contributed by atoms with Crippen LogP contribution in [0.1, 0.15) is 35.5 Å². The summed E-state index contributed by atoms with van der Waals surface area (Å²) in [6, 6.07) is 16.7. The molecule has 0 bridgehead atoms. The maximum atomic E-state index is 13.0. The second-order valence-corrected chi connectivity index (χ2v) is 7.86. The van der Waals surface area contributed by atoms with Crippen molar-refractivity contribution in [1.82, 2.24) is 20.5 Å². The molecule has 0 aliphatic carbocycles. The number of fused-ring (bicyclic) bond motifs is 1. The zero-order valence-electron chi connectivity index (χ0n) is 15.6. The standard InChI is InChI=1S/C21H22N4O2S/c1-22-21(27)24-19(26)18(14-8-3-2-4-9-14)25-13-7-11-16(25)20-23-15-10-5-6-12-17(15)28-20/h2-6,8-10,12,16,18H,7,11,13H2,1H3,(H2,22,24,26,27). The molecule has 1 fully saturated rings. The van der Waals surface area contributed by atoms with Gasteiger partial charge in [0.1, 0.15) is 11.0 Å². The third kappa shape index (κ3) is 3.63. The van der Waals surface area contributed by atoms with Gasteiger partial charge in [-0.3, -0.25) is 15.0 Å². The second kappa shape index (κ2) is 8.08. The maximum Gasteiger partial charge on any atom is 0.321 e. The molecule has 3 aromatic rings. The van der Waals surface area contributed by atoms with Crippen molar-refractivity contribution in [2.75, 3.05) is 13.6 Å². The summed E-state index contributed by atoms with van der Waals surface area (Å²) in [6.07, 6.45) is 1.92. The van der Waals surface area contributed by atoms with Gasteiger partial charge in [0.05, 0.1) is 16.3 Å². The van der Waals surface area contributed by atoms with Crippen molar-refractivity contribution in [3.05, 3.63) is 65.2 Å². The van der Waals surface area contributed by atoms with Crippen molar-refractivity contribution in [1.29, 1.82) is 0 Å². The van der Waals surface area contributed by atoms with Crippen LogP contribution in [0, 0.1) is 0 Å². The van der Waals surface area contributed by atoms with Gasteiger partial charge in [0.15, 0.2) is 0 Å². The molecule has 6 nitrogen and oxygen atoms in total. The fourth-order valence-corrected chi connectivity index (χ4v) is 4.89. The van der Waals surface area contributed by atoms with Crippen LogP contribution in [-0.4, -0.2) is 35.4 Å². The molecule has 2 N–H and O–H groups in total. The van der Waals surface area contributed by atoms with Gasteiger partial charge in [0, 0.05) is 13.6 Å². The minimum absolute atomic E-state index is 0.0537. The van der Waals surface area contributed by atoms with Crippen LogP contribution < -0.4 is 10.6 Å². The molecule has 0 spiro atoms. The number of nitrogens with zero attached hydrogens (tertiary/aromatic N) is 2. The van der Waals surface area contributed by atoms with Crippen LogP contribution in [0.25, 0.3) is 10.2 Å². The summed E-state index contributed by atoms with van der Waals surface area (Å²) in [5.74, 6) is -0.321. The van der Waals surface area contributed by atoms with Crippen molar-refractivity contribution >= 4 is 33.5 Å². The molecule has 1 aliphatic heterocycles. The molecule has 2 heterocycles. The summed E-state index contributed by atoms with van der Waals surface area (Å²) in [7, 11) is 1.50. The molecular weight excluding hydrogens is 372 g/mol. The number of thiazole rings is 1. The molecule has 144 valence electrons. The number of imide groups is 1. The third-order valence-electron chi connectivity index (χ3n) is 5.05. The molecule has 2 aromatic carbocycles. The van der Waals surface area contributed by atoms with E-state index < -0.39 is 12.1 Å². The molecule has 28 heavy (non-hydrogen) atoms. The van der Waals surface area contributed by atoms with Crippen molar-refractivity contribution in [3.63, 3.8) is 0 Å². The van der Waals surface area contributed by atoms with Crippen molar-refractivity contribution in [2.45, 2.75) is 24.9 Å². The molecule has 0 radical (unpaired) electrons. The van der Waals surface area contributed by atoms with Gasteiger partial charge in [-0.15, -0.1) is 11.3 Å². The molecule has 4 rings (SSSR count). The minimum Gasteiger partial charge on any atom is -0.341 e. The van der Waals surface area contributed by atoms with E-state index in [0.29, 0.717) is 0 Å². The summed E-state index contributed by atoms with van der Waals surface area (Å²) in [5.41, 5.74) is 1.86. The first-order valence-corrected chi connectivity index (χ1v) is 10.2. The fourth-order valence-electron chi connectivity index (χ4n) is 3.77. The molecule has 2 atom stereocenters. The van der Waals surface area contributed by atoms with Gasteiger partial charge in [-0.05, 0) is 30.5 Å². The second-order valence-electron chi connectivity index (χ2n) is 6.80. The number of nitrogens with one attached hydrogen (secondary N) is 2. The van der Waals surface area contributed by atoms with Gasteiger partial charge in [-0.2, -0.15) is 0 Å². The fraction of sp³-hybridized carbons (Fsp3) is 0.286. The Bertz CT molecular complexity index is 955. The van der Waals surface area contributed by atoms with Crippen LogP contribution in [0.2, 0.25) is 0 Å². The monoisotopic (exact) mass is 394 g/mol. The van der Waals surface area contributed by atoms with Crippen LogP contribution in [0.15, 0.2) is 54.6 Å². The van der Waals surface area contributed by atoms with Crippen molar-refractivity contribution in [3.8, 4) is 0 Å². The predicted molar refractivity (Wildman–Crippen MR) is 110 cm³/mol. The first-order valence-electron chi connectivity index (χ1n) is 9.36. The molecule has 1 aromatic heterocycles. The van der Waals surface area contributed by atoms with Crippen LogP contribution in [0.4, 0.5) is 4.79 Å². The number of amides is 3. The van der Waals surface area contributed by atoms with Crippen LogP contribution in [0.3, 0.4) is 0 Å². The number of likely N-dealkylation sites (tertiary alicyclic amines) is 1. The Hall–Kier alpha value is -2.77. The van der Waals surface area contributed by atoms with E-state index in [1.807, 2.05) is 48.5 Å². The number of hydrogen-bond acceptors (Lipinski definition) is 5.